The van der Waals surface area contributed by atoms with Gasteiger partial charge in [0.2, 0.25) is 5.91 Å². The minimum Gasteiger partial charge on any atom is -0.356 e. The van der Waals surface area contributed by atoms with E-state index in [1.807, 2.05) is 19.1 Å². The Hall–Kier alpha value is -2.93. The van der Waals surface area contributed by atoms with Crippen LogP contribution in [-0.4, -0.2) is 48.4 Å². The molecule has 166 valence electrons. The van der Waals surface area contributed by atoms with E-state index in [0.29, 0.717) is 31.3 Å². The summed E-state index contributed by atoms with van der Waals surface area (Å²) in [6.07, 6.45) is 4.34. The average Bonchev–Trinajstić information content (AvgIpc) is 2.78. The van der Waals surface area contributed by atoms with Gasteiger partial charge >= 0.3 is 0 Å². The molecule has 3 N–H and O–H groups in total. The fourth-order valence-electron chi connectivity index (χ4n) is 3.66. The van der Waals surface area contributed by atoms with Crippen LogP contribution >= 0.6 is 0 Å². The molecule has 1 fully saturated rings. The highest BCUT2D eigenvalue weighted by atomic mass is 16.1. The number of carbonyl (C=O) groups is 1. The van der Waals surface area contributed by atoms with Crippen molar-refractivity contribution in [2.45, 2.75) is 45.7 Å². The number of pyridine rings is 1. The van der Waals surface area contributed by atoms with E-state index >= 15 is 0 Å². The summed E-state index contributed by atoms with van der Waals surface area (Å²) in [5.74, 6) is 1.18. The number of piperidine rings is 1. The molecule has 31 heavy (non-hydrogen) atoms. The normalized spacial score (nSPS) is 14.8. The molecule has 0 spiro atoms. The summed E-state index contributed by atoms with van der Waals surface area (Å²) < 4.78 is 0. The molecule has 3 rings (SSSR count). The predicted molar refractivity (Wildman–Crippen MR) is 126 cm³/mol. The van der Waals surface area contributed by atoms with Gasteiger partial charge in [-0.05, 0) is 56.1 Å². The molecule has 2 aromatic rings. The van der Waals surface area contributed by atoms with Crippen molar-refractivity contribution in [3.63, 3.8) is 0 Å². The third-order valence-corrected chi connectivity index (χ3v) is 5.36. The van der Waals surface area contributed by atoms with Crippen molar-refractivity contribution in [2.75, 3.05) is 32.0 Å². The summed E-state index contributed by atoms with van der Waals surface area (Å²) in [5.41, 5.74) is 3.44. The molecule has 1 aliphatic heterocycles. The summed E-state index contributed by atoms with van der Waals surface area (Å²) in [4.78, 5) is 23.1. The maximum Gasteiger partial charge on any atom is 0.227 e. The van der Waals surface area contributed by atoms with E-state index in [9.17, 15) is 4.79 Å². The molecule has 7 heteroatoms. The Kier molecular flexibility index (Phi) is 8.84. The summed E-state index contributed by atoms with van der Waals surface area (Å²) in [6.45, 7) is 6.54. The van der Waals surface area contributed by atoms with Gasteiger partial charge in [0.25, 0.3) is 0 Å². The van der Waals surface area contributed by atoms with Crippen LogP contribution in [0.1, 0.15) is 42.5 Å². The quantitative estimate of drug-likeness (QED) is 0.450. The zero-order valence-electron chi connectivity index (χ0n) is 18.7. The van der Waals surface area contributed by atoms with E-state index in [1.165, 1.54) is 43.5 Å². The first kappa shape index (κ1) is 22.7. The Morgan fingerprint density at radius 1 is 1.03 bits per heavy atom. The van der Waals surface area contributed by atoms with Gasteiger partial charge in [-0.1, -0.05) is 36.8 Å². The Bertz CT molecular complexity index is 859. The number of guanidine groups is 1. The van der Waals surface area contributed by atoms with Gasteiger partial charge in [0.15, 0.2) is 5.96 Å². The summed E-state index contributed by atoms with van der Waals surface area (Å²) >= 11 is 0. The van der Waals surface area contributed by atoms with Gasteiger partial charge in [0, 0.05) is 38.8 Å². The number of hydrogen-bond donors (Lipinski definition) is 3. The van der Waals surface area contributed by atoms with Crippen LogP contribution in [-0.2, 0) is 17.9 Å². The van der Waals surface area contributed by atoms with Crippen molar-refractivity contribution < 1.29 is 4.79 Å². The second-order valence-corrected chi connectivity index (χ2v) is 7.97. The molecule has 2 heterocycles. The number of aliphatic imine (C=N–C) groups is 1. The molecule has 0 atom stereocenters. The number of aromatic nitrogens is 1. The summed E-state index contributed by atoms with van der Waals surface area (Å²) in [5, 5.41) is 9.30. The molecule has 1 amide bonds. The Balaban J connectivity index is 1.36. The number of amides is 1. The largest absolute Gasteiger partial charge is 0.356 e. The van der Waals surface area contributed by atoms with Crippen molar-refractivity contribution in [3.05, 3.63) is 59.3 Å². The number of nitrogens with one attached hydrogen (secondary N) is 3. The molecule has 0 aliphatic carbocycles. The number of anilines is 1. The maximum absolute atomic E-state index is 12.1. The van der Waals surface area contributed by atoms with Gasteiger partial charge in [0.05, 0.1) is 0 Å². The predicted octanol–water partition coefficient (Wildman–Crippen LogP) is 3.07. The first-order chi connectivity index (χ1) is 15.1. The first-order valence-corrected chi connectivity index (χ1v) is 11.1. The molecule has 1 aliphatic rings. The fourth-order valence-corrected chi connectivity index (χ4v) is 3.66. The lowest BCUT2D eigenvalue weighted by Crippen LogP contribution is -2.38. The molecule has 1 aromatic heterocycles. The fraction of sp³-hybridized carbons (Fsp3) is 0.458. The van der Waals surface area contributed by atoms with Gasteiger partial charge < -0.3 is 16.0 Å². The second-order valence-electron chi connectivity index (χ2n) is 7.97. The van der Waals surface area contributed by atoms with E-state index in [4.69, 9.17) is 0 Å². The number of benzene rings is 1. The van der Waals surface area contributed by atoms with Crippen molar-refractivity contribution in [3.8, 4) is 0 Å². The van der Waals surface area contributed by atoms with Crippen LogP contribution < -0.4 is 16.0 Å². The second kappa shape index (κ2) is 12.1. The molecular weight excluding hydrogens is 388 g/mol. The number of carbonyl (C=O) groups excluding carboxylic acids is 1. The number of likely N-dealkylation sites (tertiary alicyclic amines) is 1. The molecule has 7 nitrogen and oxygen atoms in total. The van der Waals surface area contributed by atoms with Crippen molar-refractivity contribution >= 4 is 17.7 Å². The first-order valence-electron chi connectivity index (χ1n) is 11.1. The van der Waals surface area contributed by atoms with E-state index < -0.39 is 0 Å². The van der Waals surface area contributed by atoms with Crippen LogP contribution in [0.2, 0.25) is 0 Å². The van der Waals surface area contributed by atoms with Gasteiger partial charge in [0.1, 0.15) is 5.82 Å². The van der Waals surface area contributed by atoms with Gasteiger partial charge in [-0.3, -0.25) is 14.7 Å². The Morgan fingerprint density at radius 2 is 1.77 bits per heavy atom. The molecular formula is C24H34N6O. The van der Waals surface area contributed by atoms with Crippen LogP contribution in [0.3, 0.4) is 0 Å². The summed E-state index contributed by atoms with van der Waals surface area (Å²) in [7, 11) is 1.73. The van der Waals surface area contributed by atoms with E-state index in [0.717, 1.165) is 12.2 Å². The number of aryl methyl sites for hydroxylation is 1. The highest BCUT2D eigenvalue weighted by Gasteiger charge is 2.10. The monoisotopic (exact) mass is 422 g/mol. The minimum atomic E-state index is -0.0784. The van der Waals surface area contributed by atoms with Crippen LogP contribution in [0.4, 0.5) is 5.82 Å². The van der Waals surface area contributed by atoms with Crippen LogP contribution in [0.15, 0.2) is 47.5 Å². The van der Waals surface area contributed by atoms with Crippen molar-refractivity contribution in [1.82, 2.24) is 20.5 Å². The third-order valence-electron chi connectivity index (χ3n) is 5.36. The average molecular weight is 423 g/mol. The summed E-state index contributed by atoms with van der Waals surface area (Å²) in [6, 6.07) is 14.3. The molecule has 0 unspecified atom stereocenters. The van der Waals surface area contributed by atoms with E-state index in [2.05, 4.69) is 55.1 Å². The number of rotatable bonds is 8. The smallest absolute Gasteiger partial charge is 0.227 e. The number of hydrogen-bond acceptors (Lipinski definition) is 4. The molecule has 0 bridgehead atoms. The minimum absolute atomic E-state index is 0.0784. The molecule has 1 aromatic carbocycles. The lowest BCUT2D eigenvalue weighted by Gasteiger charge is -2.26. The number of nitrogens with zero attached hydrogens (tertiary/aromatic N) is 3. The van der Waals surface area contributed by atoms with E-state index in [-0.39, 0.29) is 5.91 Å². The molecule has 1 saturated heterocycles. The Morgan fingerprint density at radius 3 is 2.48 bits per heavy atom. The highest BCUT2D eigenvalue weighted by molar-refractivity contribution is 5.90. The van der Waals surface area contributed by atoms with Gasteiger partial charge in [-0.15, -0.1) is 0 Å². The van der Waals surface area contributed by atoms with Crippen molar-refractivity contribution in [1.29, 1.82) is 0 Å². The van der Waals surface area contributed by atoms with Gasteiger partial charge in [-0.2, -0.15) is 0 Å². The third kappa shape index (κ3) is 8.02. The standard InChI is InChI=1S/C24H34N6O/c1-19-7-6-8-22(28-19)29-23(31)13-14-26-24(25-2)27-17-20-9-11-21(12-10-20)18-30-15-4-3-5-16-30/h6-12H,3-5,13-18H2,1-2H3,(H2,25,26,27)(H,28,29,31). The van der Waals surface area contributed by atoms with Crippen LogP contribution in [0.5, 0.6) is 0 Å². The molecule has 0 radical (unpaired) electrons. The zero-order valence-corrected chi connectivity index (χ0v) is 18.7. The lowest BCUT2D eigenvalue weighted by molar-refractivity contribution is -0.116. The van der Waals surface area contributed by atoms with Crippen LogP contribution in [0, 0.1) is 6.92 Å². The topological polar surface area (TPSA) is 81.6 Å². The SMILES string of the molecule is CN=C(NCCC(=O)Nc1cccc(C)n1)NCc1ccc(CN2CCCCC2)cc1. The van der Waals surface area contributed by atoms with Crippen LogP contribution in [0.25, 0.3) is 0 Å². The van der Waals surface area contributed by atoms with Gasteiger partial charge in [-0.25, -0.2) is 4.98 Å². The maximum atomic E-state index is 12.1. The molecule has 0 saturated carbocycles. The zero-order chi connectivity index (χ0) is 21.9. The highest BCUT2D eigenvalue weighted by Crippen LogP contribution is 2.13. The Labute approximate surface area is 185 Å². The van der Waals surface area contributed by atoms with Crippen molar-refractivity contribution in [2.24, 2.45) is 4.99 Å². The lowest BCUT2D eigenvalue weighted by atomic mass is 10.1. The van der Waals surface area contributed by atoms with E-state index in [1.54, 1.807) is 13.1 Å².